The van der Waals surface area contributed by atoms with Gasteiger partial charge in [-0.15, -0.1) is 0 Å². The van der Waals surface area contributed by atoms with Crippen molar-refractivity contribution < 1.29 is 24.1 Å². The molecule has 0 saturated heterocycles. The Labute approximate surface area is 111 Å². The number of hydrogen-bond acceptors (Lipinski definition) is 4. The smallest absolute Gasteiger partial charge is 0.314 e. The molecule has 1 fully saturated rings. The van der Waals surface area contributed by atoms with E-state index >= 15 is 0 Å². The van der Waals surface area contributed by atoms with Crippen LogP contribution in [0.2, 0.25) is 0 Å². The molecule has 0 atom stereocenters. The number of benzene rings is 1. The Balaban J connectivity index is 2.23. The molecule has 5 heteroatoms. The summed E-state index contributed by atoms with van der Waals surface area (Å²) in [6.07, 6.45) is 3.02. The molecule has 3 rings (SSSR count). The maximum atomic E-state index is 11.8. The molecule has 1 N–H and O–H groups in total. The van der Waals surface area contributed by atoms with E-state index in [4.69, 9.17) is 14.2 Å². The molecular formula is C14H16O5. The van der Waals surface area contributed by atoms with Crippen molar-refractivity contribution in [3.63, 3.8) is 0 Å². The largest absolute Gasteiger partial charge is 0.496 e. The van der Waals surface area contributed by atoms with Crippen LogP contribution in [-0.2, 0) is 10.2 Å². The molecule has 1 heterocycles. The van der Waals surface area contributed by atoms with Crippen LogP contribution < -0.4 is 14.2 Å². The lowest BCUT2D eigenvalue weighted by Crippen LogP contribution is -2.33. The Morgan fingerprint density at radius 1 is 1.32 bits per heavy atom. The Hall–Kier alpha value is -1.91. The Morgan fingerprint density at radius 3 is 2.68 bits per heavy atom. The fourth-order valence-corrected chi connectivity index (χ4v) is 3.13. The molecule has 0 unspecified atom stereocenters. The average molecular weight is 264 g/mol. The van der Waals surface area contributed by atoms with Crippen molar-refractivity contribution in [2.45, 2.75) is 31.1 Å². The molecule has 1 saturated carbocycles. The van der Waals surface area contributed by atoms with E-state index < -0.39 is 11.4 Å². The molecule has 19 heavy (non-hydrogen) atoms. The van der Waals surface area contributed by atoms with Gasteiger partial charge in [-0.05, 0) is 25.0 Å². The number of methoxy groups -OCH3 is 1. The summed E-state index contributed by atoms with van der Waals surface area (Å²) in [5, 5.41) is 9.72. The van der Waals surface area contributed by atoms with Gasteiger partial charge in [0.05, 0.1) is 12.7 Å². The highest BCUT2D eigenvalue weighted by atomic mass is 16.7. The number of hydrogen-bond donors (Lipinski definition) is 1. The first kappa shape index (κ1) is 12.1. The normalized spacial score (nSPS) is 19.4. The minimum absolute atomic E-state index is 0.130. The summed E-state index contributed by atoms with van der Waals surface area (Å²) in [7, 11) is 1.55. The predicted molar refractivity (Wildman–Crippen MR) is 66.9 cm³/mol. The molecular weight excluding hydrogens is 248 g/mol. The summed E-state index contributed by atoms with van der Waals surface area (Å²) in [6, 6.07) is 3.51. The summed E-state index contributed by atoms with van der Waals surface area (Å²) in [4.78, 5) is 11.8. The predicted octanol–water partition coefficient (Wildman–Crippen LogP) is 2.32. The van der Waals surface area contributed by atoms with Crippen LogP contribution in [0, 0.1) is 0 Å². The molecule has 1 aliphatic heterocycles. The fraction of sp³-hybridized carbons (Fsp3) is 0.500. The van der Waals surface area contributed by atoms with Gasteiger partial charge in [-0.2, -0.15) is 0 Å². The standard InChI is InChI=1S/C14H16O5/c1-17-9-4-5-10-12(19-8-18-10)11(9)14(13(15)16)6-2-3-7-14/h4-5H,2-3,6-8H2,1H3,(H,15,16). The van der Waals surface area contributed by atoms with E-state index in [2.05, 4.69) is 0 Å². The van der Waals surface area contributed by atoms with Gasteiger partial charge in [0.2, 0.25) is 6.79 Å². The molecule has 5 nitrogen and oxygen atoms in total. The minimum Gasteiger partial charge on any atom is -0.496 e. The lowest BCUT2D eigenvalue weighted by molar-refractivity contribution is -0.143. The van der Waals surface area contributed by atoms with E-state index in [1.807, 2.05) is 0 Å². The lowest BCUT2D eigenvalue weighted by atomic mass is 9.77. The third-order valence-electron chi connectivity index (χ3n) is 4.07. The van der Waals surface area contributed by atoms with Crippen molar-refractivity contribution in [1.82, 2.24) is 0 Å². The summed E-state index contributed by atoms with van der Waals surface area (Å²) < 4.78 is 16.2. The van der Waals surface area contributed by atoms with Gasteiger partial charge in [-0.1, -0.05) is 12.8 Å². The summed E-state index contributed by atoms with van der Waals surface area (Å²) >= 11 is 0. The van der Waals surface area contributed by atoms with Crippen LogP contribution in [0.15, 0.2) is 12.1 Å². The number of ether oxygens (including phenoxy) is 3. The van der Waals surface area contributed by atoms with Gasteiger partial charge in [0.15, 0.2) is 11.5 Å². The zero-order valence-electron chi connectivity index (χ0n) is 10.8. The highest BCUT2D eigenvalue weighted by Gasteiger charge is 2.48. The molecule has 1 aliphatic carbocycles. The molecule has 1 aromatic rings. The molecule has 0 amide bonds. The zero-order chi connectivity index (χ0) is 13.5. The van der Waals surface area contributed by atoms with Crippen LogP contribution in [0.5, 0.6) is 17.2 Å². The second-order valence-corrected chi connectivity index (χ2v) is 4.97. The van der Waals surface area contributed by atoms with Crippen molar-refractivity contribution in [2.24, 2.45) is 0 Å². The van der Waals surface area contributed by atoms with E-state index in [1.54, 1.807) is 19.2 Å². The average Bonchev–Trinajstić information content (AvgIpc) is 3.06. The highest BCUT2D eigenvalue weighted by molar-refractivity contribution is 5.85. The van der Waals surface area contributed by atoms with Gasteiger partial charge in [0.25, 0.3) is 0 Å². The molecule has 2 aliphatic rings. The zero-order valence-corrected chi connectivity index (χ0v) is 10.8. The Bertz CT molecular complexity index is 517. The quantitative estimate of drug-likeness (QED) is 0.907. The number of carboxylic acids is 1. The lowest BCUT2D eigenvalue weighted by Gasteiger charge is -2.27. The first-order chi connectivity index (χ1) is 9.19. The molecule has 0 spiro atoms. The number of carbonyl (C=O) groups is 1. The van der Waals surface area contributed by atoms with Gasteiger partial charge >= 0.3 is 5.97 Å². The van der Waals surface area contributed by atoms with Crippen molar-refractivity contribution in [2.75, 3.05) is 13.9 Å². The van der Waals surface area contributed by atoms with Crippen LogP contribution in [-0.4, -0.2) is 25.0 Å². The fourth-order valence-electron chi connectivity index (χ4n) is 3.13. The van der Waals surface area contributed by atoms with Gasteiger partial charge in [-0.3, -0.25) is 4.79 Å². The van der Waals surface area contributed by atoms with E-state index in [1.165, 1.54) is 0 Å². The summed E-state index contributed by atoms with van der Waals surface area (Å²) in [5.74, 6) is 0.882. The minimum atomic E-state index is -0.912. The number of aliphatic carboxylic acids is 1. The van der Waals surface area contributed by atoms with Crippen LogP contribution in [0.4, 0.5) is 0 Å². The van der Waals surface area contributed by atoms with Crippen LogP contribution in [0.3, 0.4) is 0 Å². The first-order valence-electron chi connectivity index (χ1n) is 6.39. The molecule has 0 radical (unpaired) electrons. The third-order valence-corrected chi connectivity index (χ3v) is 4.07. The second kappa shape index (κ2) is 4.33. The van der Waals surface area contributed by atoms with E-state index in [9.17, 15) is 9.90 Å². The van der Waals surface area contributed by atoms with Gasteiger partial charge in [0.1, 0.15) is 11.2 Å². The maximum Gasteiger partial charge on any atom is 0.314 e. The van der Waals surface area contributed by atoms with Crippen molar-refractivity contribution >= 4 is 5.97 Å². The van der Waals surface area contributed by atoms with Crippen molar-refractivity contribution in [1.29, 1.82) is 0 Å². The van der Waals surface area contributed by atoms with E-state index in [-0.39, 0.29) is 6.79 Å². The van der Waals surface area contributed by atoms with E-state index in [0.29, 0.717) is 35.7 Å². The van der Waals surface area contributed by atoms with Crippen molar-refractivity contribution in [3.05, 3.63) is 17.7 Å². The van der Waals surface area contributed by atoms with Gasteiger partial charge in [0, 0.05) is 0 Å². The molecule has 0 aromatic heterocycles. The maximum absolute atomic E-state index is 11.8. The Morgan fingerprint density at radius 2 is 2.05 bits per heavy atom. The van der Waals surface area contributed by atoms with Crippen LogP contribution >= 0.6 is 0 Å². The second-order valence-electron chi connectivity index (χ2n) is 4.97. The van der Waals surface area contributed by atoms with Crippen LogP contribution in [0.1, 0.15) is 31.2 Å². The number of fused-ring (bicyclic) bond motifs is 1. The molecule has 1 aromatic carbocycles. The monoisotopic (exact) mass is 264 g/mol. The topological polar surface area (TPSA) is 65.0 Å². The SMILES string of the molecule is COc1ccc2c(c1C1(C(=O)O)CCCC1)OCO2. The van der Waals surface area contributed by atoms with Gasteiger partial charge < -0.3 is 19.3 Å². The molecule has 0 bridgehead atoms. The van der Waals surface area contributed by atoms with E-state index in [0.717, 1.165) is 12.8 Å². The Kier molecular flexibility index (Phi) is 2.77. The van der Waals surface area contributed by atoms with Crippen LogP contribution in [0.25, 0.3) is 0 Å². The number of carboxylic acid groups (broad SMARTS) is 1. The number of rotatable bonds is 3. The van der Waals surface area contributed by atoms with Crippen molar-refractivity contribution in [3.8, 4) is 17.2 Å². The summed E-state index contributed by atoms with van der Waals surface area (Å²) in [6.45, 7) is 0.130. The third kappa shape index (κ3) is 1.64. The summed E-state index contributed by atoms with van der Waals surface area (Å²) in [5.41, 5.74) is -0.278. The van der Waals surface area contributed by atoms with Gasteiger partial charge in [-0.25, -0.2) is 0 Å². The first-order valence-corrected chi connectivity index (χ1v) is 6.39. The highest BCUT2D eigenvalue weighted by Crippen LogP contribution is 2.52. The molecule has 102 valence electrons.